The zero-order valence-electron chi connectivity index (χ0n) is 15.8. The molecule has 2 amide bonds. The maximum atomic E-state index is 12.3. The molecular weight excluding hydrogens is 332 g/mol. The Morgan fingerprint density at radius 1 is 1.00 bits per heavy atom. The Morgan fingerprint density at radius 3 is 2.19 bits per heavy atom. The highest BCUT2D eigenvalue weighted by atomic mass is 16.6. The molecule has 0 atom stereocenters. The first kappa shape index (κ1) is 19.7. The number of ether oxygens (including phenoxy) is 1. The fourth-order valence-corrected chi connectivity index (χ4v) is 2.58. The third-order valence-corrected chi connectivity index (χ3v) is 3.92. The summed E-state index contributed by atoms with van der Waals surface area (Å²) < 4.78 is 5.34. The smallest absolute Gasteiger partial charge is 0.410 e. The van der Waals surface area contributed by atoms with Crippen LogP contribution in [0.2, 0.25) is 0 Å². The van der Waals surface area contributed by atoms with Crippen molar-refractivity contribution in [3.8, 4) is 0 Å². The third kappa shape index (κ3) is 5.72. The van der Waals surface area contributed by atoms with Crippen molar-refractivity contribution in [1.82, 2.24) is 9.80 Å². The van der Waals surface area contributed by atoms with Crippen molar-refractivity contribution in [3.63, 3.8) is 0 Å². The van der Waals surface area contributed by atoms with E-state index < -0.39 is 5.60 Å². The SMILES string of the molecule is Cc1cccc(C(=O)/C=C/C(=O)N2CCN(C(=O)OC(C)(C)C)CC2)c1. The quantitative estimate of drug-likeness (QED) is 0.615. The van der Waals surface area contributed by atoms with Gasteiger partial charge in [0.25, 0.3) is 0 Å². The van der Waals surface area contributed by atoms with Gasteiger partial charge >= 0.3 is 6.09 Å². The molecule has 6 nitrogen and oxygen atoms in total. The van der Waals surface area contributed by atoms with Crippen LogP contribution in [0.25, 0.3) is 0 Å². The number of amides is 2. The number of hydrogen-bond donors (Lipinski definition) is 0. The second kappa shape index (κ2) is 8.17. The number of aryl methyl sites for hydroxylation is 1. The Labute approximate surface area is 154 Å². The van der Waals surface area contributed by atoms with E-state index >= 15 is 0 Å². The molecule has 0 N–H and O–H groups in total. The van der Waals surface area contributed by atoms with E-state index in [0.29, 0.717) is 31.7 Å². The van der Waals surface area contributed by atoms with Gasteiger partial charge in [-0.15, -0.1) is 0 Å². The molecule has 0 aromatic heterocycles. The highest BCUT2D eigenvalue weighted by Crippen LogP contribution is 2.12. The van der Waals surface area contributed by atoms with E-state index in [-0.39, 0.29) is 17.8 Å². The van der Waals surface area contributed by atoms with Gasteiger partial charge in [0.15, 0.2) is 5.78 Å². The van der Waals surface area contributed by atoms with Gasteiger partial charge in [-0.1, -0.05) is 23.8 Å². The van der Waals surface area contributed by atoms with Gasteiger partial charge in [0, 0.05) is 37.8 Å². The van der Waals surface area contributed by atoms with Crippen molar-refractivity contribution in [3.05, 3.63) is 47.5 Å². The van der Waals surface area contributed by atoms with Crippen LogP contribution in [0.4, 0.5) is 4.79 Å². The van der Waals surface area contributed by atoms with E-state index in [9.17, 15) is 14.4 Å². The summed E-state index contributed by atoms with van der Waals surface area (Å²) in [5, 5.41) is 0. The lowest BCUT2D eigenvalue weighted by Crippen LogP contribution is -2.51. The standard InChI is InChI=1S/C20H26N2O4/c1-15-6-5-7-16(14-15)17(23)8-9-18(24)21-10-12-22(13-11-21)19(25)26-20(2,3)4/h5-9,14H,10-13H2,1-4H3/b9-8+. The molecule has 6 heteroatoms. The molecule has 1 fully saturated rings. The summed E-state index contributed by atoms with van der Waals surface area (Å²) in [6.45, 7) is 9.04. The van der Waals surface area contributed by atoms with Crippen LogP contribution in [0.3, 0.4) is 0 Å². The maximum Gasteiger partial charge on any atom is 0.410 e. The number of carbonyl (C=O) groups excluding carboxylic acids is 3. The van der Waals surface area contributed by atoms with Crippen molar-refractivity contribution in [1.29, 1.82) is 0 Å². The average molecular weight is 358 g/mol. The Kier molecular flexibility index (Phi) is 6.18. The number of rotatable bonds is 3. The van der Waals surface area contributed by atoms with Crippen LogP contribution in [0.1, 0.15) is 36.7 Å². The fraction of sp³-hybridized carbons (Fsp3) is 0.450. The minimum atomic E-state index is -0.539. The van der Waals surface area contributed by atoms with Crippen LogP contribution < -0.4 is 0 Å². The molecule has 1 aromatic carbocycles. The van der Waals surface area contributed by atoms with E-state index in [1.165, 1.54) is 12.2 Å². The van der Waals surface area contributed by atoms with Gasteiger partial charge in [0.2, 0.25) is 5.91 Å². The van der Waals surface area contributed by atoms with Gasteiger partial charge in [-0.2, -0.15) is 0 Å². The molecule has 0 spiro atoms. The van der Waals surface area contributed by atoms with Gasteiger partial charge in [-0.3, -0.25) is 9.59 Å². The van der Waals surface area contributed by atoms with Gasteiger partial charge in [0.1, 0.15) is 5.60 Å². The van der Waals surface area contributed by atoms with E-state index in [0.717, 1.165) is 5.56 Å². The monoisotopic (exact) mass is 358 g/mol. The highest BCUT2D eigenvalue weighted by molar-refractivity contribution is 6.07. The number of allylic oxidation sites excluding steroid dienone is 1. The zero-order chi connectivity index (χ0) is 19.3. The summed E-state index contributed by atoms with van der Waals surface area (Å²) in [7, 11) is 0. The van der Waals surface area contributed by atoms with Crippen LogP contribution in [0.5, 0.6) is 0 Å². The van der Waals surface area contributed by atoms with Crippen molar-refractivity contribution in [2.75, 3.05) is 26.2 Å². The van der Waals surface area contributed by atoms with Crippen LogP contribution in [-0.2, 0) is 9.53 Å². The molecule has 0 radical (unpaired) electrons. The Bertz CT molecular complexity index is 711. The van der Waals surface area contributed by atoms with Crippen molar-refractivity contribution in [2.24, 2.45) is 0 Å². The number of hydrogen-bond acceptors (Lipinski definition) is 4. The minimum absolute atomic E-state index is 0.200. The highest BCUT2D eigenvalue weighted by Gasteiger charge is 2.27. The molecule has 0 unspecified atom stereocenters. The fourth-order valence-electron chi connectivity index (χ4n) is 2.58. The van der Waals surface area contributed by atoms with Crippen LogP contribution in [-0.4, -0.2) is 59.4 Å². The van der Waals surface area contributed by atoms with Crippen molar-refractivity contribution < 1.29 is 19.1 Å². The first-order valence-corrected chi connectivity index (χ1v) is 8.71. The largest absolute Gasteiger partial charge is 0.444 e. The molecule has 140 valence electrons. The first-order valence-electron chi connectivity index (χ1n) is 8.71. The molecule has 1 heterocycles. The third-order valence-electron chi connectivity index (χ3n) is 3.92. The van der Waals surface area contributed by atoms with Crippen molar-refractivity contribution in [2.45, 2.75) is 33.3 Å². The molecule has 2 rings (SSSR count). The molecule has 0 aliphatic carbocycles. The van der Waals surface area contributed by atoms with Gasteiger partial charge in [-0.25, -0.2) is 4.79 Å². The summed E-state index contributed by atoms with van der Waals surface area (Å²) in [4.78, 5) is 39.6. The molecule has 26 heavy (non-hydrogen) atoms. The molecule has 0 bridgehead atoms. The summed E-state index contributed by atoms with van der Waals surface area (Å²) in [6.07, 6.45) is 2.24. The Hall–Kier alpha value is -2.63. The van der Waals surface area contributed by atoms with Gasteiger partial charge < -0.3 is 14.5 Å². The normalized spacial score (nSPS) is 15.2. The predicted octanol–water partition coefficient (Wildman–Crippen LogP) is 2.81. The molecule has 1 aliphatic rings. The first-order chi connectivity index (χ1) is 12.2. The summed E-state index contributed by atoms with van der Waals surface area (Å²) >= 11 is 0. The molecule has 1 aromatic rings. The lowest BCUT2D eigenvalue weighted by atomic mass is 10.1. The van der Waals surface area contributed by atoms with Gasteiger partial charge in [0.05, 0.1) is 0 Å². The van der Waals surface area contributed by atoms with E-state index in [2.05, 4.69) is 0 Å². The van der Waals surface area contributed by atoms with E-state index in [1.54, 1.807) is 21.9 Å². The average Bonchev–Trinajstić information content (AvgIpc) is 2.58. The lowest BCUT2D eigenvalue weighted by Gasteiger charge is -2.35. The summed E-state index contributed by atoms with van der Waals surface area (Å²) in [5.74, 6) is -0.427. The topological polar surface area (TPSA) is 66.9 Å². The van der Waals surface area contributed by atoms with E-state index in [1.807, 2.05) is 39.8 Å². The summed E-state index contributed by atoms with van der Waals surface area (Å²) in [5.41, 5.74) is 1.01. The van der Waals surface area contributed by atoms with Crippen LogP contribution in [0, 0.1) is 6.92 Å². The Morgan fingerprint density at radius 2 is 1.62 bits per heavy atom. The molecule has 1 aliphatic heterocycles. The zero-order valence-corrected chi connectivity index (χ0v) is 15.8. The minimum Gasteiger partial charge on any atom is -0.444 e. The molecular formula is C20H26N2O4. The van der Waals surface area contributed by atoms with Crippen molar-refractivity contribution >= 4 is 17.8 Å². The maximum absolute atomic E-state index is 12.3. The second-order valence-corrected chi connectivity index (χ2v) is 7.36. The number of piperazine rings is 1. The van der Waals surface area contributed by atoms with Gasteiger partial charge in [-0.05, 0) is 39.8 Å². The molecule has 0 saturated carbocycles. The number of benzene rings is 1. The Balaban J connectivity index is 1.86. The van der Waals surface area contributed by atoms with E-state index in [4.69, 9.17) is 4.74 Å². The number of carbonyl (C=O) groups is 3. The lowest BCUT2D eigenvalue weighted by molar-refractivity contribution is -0.127. The number of ketones is 1. The summed E-state index contributed by atoms with van der Waals surface area (Å²) in [6, 6.07) is 7.24. The van der Waals surface area contributed by atoms with Crippen LogP contribution >= 0.6 is 0 Å². The second-order valence-electron chi connectivity index (χ2n) is 7.36. The number of nitrogens with zero attached hydrogens (tertiary/aromatic N) is 2. The molecule has 1 saturated heterocycles. The predicted molar refractivity (Wildman–Crippen MR) is 99.0 cm³/mol. The van der Waals surface area contributed by atoms with Crippen LogP contribution in [0.15, 0.2) is 36.4 Å².